The molecule has 1 atom stereocenters. The van der Waals surface area contributed by atoms with Crippen molar-refractivity contribution in [2.45, 2.75) is 13.0 Å². The number of hydrogen-bond donors (Lipinski definition) is 0. The monoisotopic (exact) mass is 267 g/mol. The predicted molar refractivity (Wildman–Crippen MR) is 68.9 cm³/mol. The molecule has 1 aliphatic heterocycles. The molecule has 2 aromatic rings. The maximum Gasteiger partial charge on any atom is 0.226 e. The van der Waals surface area contributed by atoms with Crippen molar-refractivity contribution in [2.24, 2.45) is 7.05 Å². The summed E-state index contributed by atoms with van der Waals surface area (Å²) in [5, 5.41) is 0.250. The fraction of sp³-hybridized carbons (Fsp3) is 0.545. The first-order chi connectivity index (χ1) is 8.66. The number of aromatic nitrogens is 4. The quantitative estimate of drug-likeness (QED) is 0.728. The van der Waals surface area contributed by atoms with Gasteiger partial charge in [0, 0.05) is 13.6 Å². The van der Waals surface area contributed by atoms with Gasteiger partial charge in [-0.2, -0.15) is 9.97 Å². The molecule has 3 rings (SSSR count). The number of aryl methyl sites for hydroxylation is 1. The van der Waals surface area contributed by atoms with Gasteiger partial charge in [0.05, 0.1) is 25.6 Å². The van der Waals surface area contributed by atoms with Gasteiger partial charge in [-0.25, -0.2) is 4.98 Å². The second-order valence-corrected chi connectivity index (χ2v) is 4.80. The first-order valence-electron chi connectivity index (χ1n) is 5.86. The molecule has 0 spiro atoms. The van der Waals surface area contributed by atoms with Crippen molar-refractivity contribution in [2.75, 3.05) is 24.7 Å². The van der Waals surface area contributed by atoms with Gasteiger partial charge in [0.1, 0.15) is 0 Å². The topological polar surface area (TPSA) is 56.1 Å². The summed E-state index contributed by atoms with van der Waals surface area (Å²) in [6.45, 7) is 4.28. The molecule has 96 valence electrons. The van der Waals surface area contributed by atoms with Crippen LogP contribution in [0.5, 0.6) is 0 Å². The molecule has 6 nitrogen and oxygen atoms in total. The molecule has 7 heteroatoms. The smallest absolute Gasteiger partial charge is 0.226 e. The van der Waals surface area contributed by atoms with Crippen LogP contribution in [0.2, 0.25) is 5.28 Å². The van der Waals surface area contributed by atoms with Gasteiger partial charge in [0.2, 0.25) is 5.28 Å². The maximum absolute atomic E-state index is 6.00. The maximum atomic E-state index is 6.00. The zero-order valence-corrected chi connectivity index (χ0v) is 11.1. The molecule has 1 saturated heterocycles. The molecule has 0 aliphatic carbocycles. The first-order valence-corrected chi connectivity index (χ1v) is 6.23. The van der Waals surface area contributed by atoms with E-state index in [0.29, 0.717) is 13.2 Å². The van der Waals surface area contributed by atoms with Crippen molar-refractivity contribution in [3.8, 4) is 0 Å². The lowest BCUT2D eigenvalue weighted by molar-refractivity contribution is 0.0986. The van der Waals surface area contributed by atoms with E-state index in [1.54, 1.807) is 6.33 Å². The fourth-order valence-electron chi connectivity index (χ4n) is 2.21. The SMILES string of the molecule is C[C@H]1COCCN1c1nc(Cl)nc2c1ncn2C. The van der Waals surface area contributed by atoms with Crippen LogP contribution in [0.4, 0.5) is 5.82 Å². The zero-order valence-electron chi connectivity index (χ0n) is 10.3. The third kappa shape index (κ3) is 1.81. The second kappa shape index (κ2) is 4.37. The standard InChI is InChI=1S/C11H14ClN5O/c1-7-5-18-4-3-17(7)10-8-9(14-11(12)15-10)16(2)6-13-8/h6-7H,3-5H2,1-2H3/t7-/m0/s1. The van der Waals surface area contributed by atoms with Gasteiger partial charge in [-0.1, -0.05) is 0 Å². The van der Waals surface area contributed by atoms with Crippen LogP contribution in [0.15, 0.2) is 6.33 Å². The molecule has 0 radical (unpaired) electrons. The average Bonchev–Trinajstić information content (AvgIpc) is 2.71. The van der Waals surface area contributed by atoms with Gasteiger partial charge in [0.25, 0.3) is 0 Å². The Hall–Kier alpha value is -1.40. The van der Waals surface area contributed by atoms with Crippen molar-refractivity contribution in [1.29, 1.82) is 0 Å². The molecule has 0 aromatic carbocycles. The van der Waals surface area contributed by atoms with Gasteiger partial charge in [0.15, 0.2) is 17.0 Å². The summed E-state index contributed by atoms with van der Waals surface area (Å²) in [6.07, 6.45) is 1.73. The van der Waals surface area contributed by atoms with Crippen LogP contribution in [0.3, 0.4) is 0 Å². The lowest BCUT2D eigenvalue weighted by atomic mass is 10.2. The normalized spacial score (nSPS) is 20.6. The highest BCUT2D eigenvalue weighted by Gasteiger charge is 2.24. The summed E-state index contributed by atoms with van der Waals surface area (Å²) >= 11 is 6.00. The number of hydrogen-bond acceptors (Lipinski definition) is 5. The number of halogens is 1. The minimum absolute atomic E-state index is 0.250. The van der Waals surface area contributed by atoms with E-state index >= 15 is 0 Å². The summed E-state index contributed by atoms with van der Waals surface area (Å²) in [4.78, 5) is 15.1. The van der Waals surface area contributed by atoms with Crippen molar-refractivity contribution in [3.05, 3.63) is 11.6 Å². The second-order valence-electron chi connectivity index (χ2n) is 4.46. The van der Waals surface area contributed by atoms with Crippen molar-refractivity contribution in [3.63, 3.8) is 0 Å². The predicted octanol–water partition coefficient (Wildman–Crippen LogP) is 1.24. The summed E-state index contributed by atoms with van der Waals surface area (Å²) in [5.74, 6) is 0.793. The number of fused-ring (bicyclic) bond motifs is 1. The van der Waals surface area contributed by atoms with Crippen LogP contribution in [-0.4, -0.2) is 45.3 Å². The van der Waals surface area contributed by atoms with Crippen LogP contribution >= 0.6 is 11.6 Å². The molecule has 0 bridgehead atoms. The summed E-state index contributed by atoms with van der Waals surface area (Å²) in [6, 6.07) is 0.259. The summed E-state index contributed by atoms with van der Waals surface area (Å²) < 4.78 is 7.28. The van der Waals surface area contributed by atoms with Crippen molar-refractivity contribution < 1.29 is 4.74 Å². The molecule has 0 saturated carbocycles. The molecule has 3 heterocycles. The van der Waals surface area contributed by atoms with E-state index in [9.17, 15) is 0 Å². The number of imidazole rings is 1. The first kappa shape index (κ1) is 11.7. The molecule has 1 fully saturated rings. The van der Waals surface area contributed by atoms with Crippen molar-refractivity contribution in [1.82, 2.24) is 19.5 Å². The van der Waals surface area contributed by atoms with E-state index in [0.717, 1.165) is 23.5 Å². The highest BCUT2D eigenvalue weighted by molar-refractivity contribution is 6.28. The molecule has 18 heavy (non-hydrogen) atoms. The van der Waals surface area contributed by atoms with Crippen LogP contribution in [0, 0.1) is 0 Å². The van der Waals surface area contributed by atoms with E-state index in [1.165, 1.54) is 0 Å². The Morgan fingerprint density at radius 1 is 1.44 bits per heavy atom. The number of ether oxygens (including phenoxy) is 1. The van der Waals surface area contributed by atoms with Crippen LogP contribution in [0.1, 0.15) is 6.92 Å². The molecular weight excluding hydrogens is 254 g/mol. The Labute approximate surface area is 110 Å². The third-order valence-corrected chi connectivity index (χ3v) is 3.32. The van der Waals surface area contributed by atoms with Crippen LogP contribution in [-0.2, 0) is 11.8 Å². The van der Waals surface area contributed by atoms with E-state index in [-0.39, 0.29) is 11.3 Å². The molecule has 1 aliphatic rings. The number of nitrogens with zero attached hydrogens (tertiary/aromatic N) is 5. The highest BCUT2D eigenvalue weighted by atomic mass is 35.5. The number of anilines is 1. The third-order valence-electron chi connectivity index (χ3n) is 3.15. The minimum atomic E-state index is 0.250. The summed E-state index contributed by atoms with van der Waals surface area (Å²) in [5.41, 5.74) is 1.54. The van der Waals surface area contributed by atoms with E-state index in [4.69, 9.17) is 16.3 Å². The molecule has 2 aromatic heterocycles. The lowest BCUT2D eigenvalue weighted by Crippen LogP contribution is -2.44. The Morgan fingerprint density at radius 3 is 3.06 bits per heavy atom. The Morgan fingerprint density at radius 2 is 2.28 bits per heavy atom. The van der Waals surface area contributed by atoms with E-state index in [2.05, 4.69) is 26.8 Å². The van der Waals surface area contributed by atoms with Gasteiger partial charge in [-0.15, -0.1) is 0 Å². The number of rotatable bonds is 1. The Bertz CT molecular complexity index is 584. The van der Waals surface area contributed by atoms with Crippen LogP contribution in [0.25, 0.3) is 11.2 Å². The Kier molecular flexibility index (Phi) is 2.83. The van der Waals surface area contributed by atoms with E-state index < -0.39 is 0 Å². The zero-order chi connectivity index (χ0) is 12.7. The van der Waals surface area contributed by atoms with Gasteiger partial charge < -0.3 is 14.2 Å². The fourth-order valence-corrected chi connectivity index (χ4v) is 2.37. The summed E-state index contributed by atoms with van der Waals surface area (Å²) in [7, 11) is 1.89. The molecule has 0 N–H and O–H groups in total. The Balaban J connectivity index is 2.15. The van der Waals surface area contributed by atoms with Crippen LogP contribution < -0.4 is 4.90 Å². The largest absolute Gasteiger partial charge is 0.377 e. The lowest BCUT2D eigenvalue weighted by Gasteiger charge is -2.34. The highest BCUT2D eigenvalue weighted by Crippen LogP contribution is 2.26. The average molecular weight is 268 g/mol. The number of morpholine rings is 1. The molecule has 0 amide bonds. The van der Waals surface area contributed by atoms with Gasteiger partial charge >= 0.3 is 0 Å². The molecular formula is C11H14ClN5O. The van der Waals surface area contributed by atoms with Crippen molar-refractivity contribution >= 4 is 28.6 Å². The molecule has 0 unspecified atom stereocenters. The minimum Gasteiger partial charge on any atom is -0.377 e. The van der Waals surface area contributed by atoms with Gasteiger partial charge in [-0.3, -0.25) is 0 Å². The van der Waals surface area contributed by atoms with E-state index in [1.807, 2.05) is 11.6 Å². The van der Waals surface area contributed by atoms with Gasteiger partial charge in [-0.05, 0) is 18.5 Å².